The third-order valence-corrected chi connectivity index (χ3v) is 2.28. The first-order valence-electron chi connectivity index (χ1n) is 5.05. The molecule has 0 radical (unpaired) electrons. The zero-order valence-electron chi connectivity index (χ0n) is 9.16. The van der Waals surface area contributed by atoms with E-state index in [2.05, 4.69) is 15.2 Å². The fourth-order valence-corrected chi connectivity index (χ4v) is 1.37. The lowest BCUT2D eigenvalue weighted by Crippen LogP contribution is -1.92. The van der Waals surface area contributed by atoms with Gasteiger partial charge < -0.3 is 5.73 Å². The normalized spacial score (nSPS) is 11.0. The van der Waals surface area contributed by atoms with Crippen molar-refractivity contribution in [1.29, 1.82) is 0 Å². The quantitative estimate of drug-likeness (QED) is 0.763. The minimum Gasteiger partial charge on any atom is -0.399 e. The second-order valence-electron chi connectivity index (χ2n) is 3.94. The summed E-state index contributed by atoms with van der Waals surface area (Å²) in [6.45, 7) is 3.97. The Morgan fingerprint density at radius 3 is 2.75 bits per heavy atom. The third-order valence-electron chi connectivity index (χ3n) is 2.28. The molecular weight excluding hydrogens is 207 g/mol. The highest BCUT2D eigenvalue weighted by molar-refractivity contribution is 5.61. The van der Waals surface area contributed by atoms with Gasteiger partial charge in [-0.25, -0.2) is 9.37 Å². The number of anilines is 1. The van der Waals surface area contributed by atoms with Gasteiger partial charge in [0.1, 0.15) is 11.6 Å². The van der Waals surface area contributed by atoms with Gasteiger partial charge in [0.15, 0.2) is 5.82 Å². The van der Waals surface area contributed by atoms with E-state index in [9.17, 15) is 4.39 Å². The minimum absolute atomic E-state index is 0.227. The number of hydrogen-bond donors (Lipinski definition) is 2. The van der Waals surface area contributed by atoms with Crippen LogP contribution in [-0.2, 0) is 0 Å². The molecule has 16 heavy (non-hydrogen) atoms. The maximum Gasteiger partial charge on any atom is 0.184 e. The Labute approximate surface area is 92.7 Å². The number of nitrogens with two attached hydrogens (primary N) is 1. The number of aromatic amines is 1. The molecule has 84 valence electrons. The van der Waals surface area contributed by atoms with Crippen LogP contribution in [0.3, 0.4) is 0 Å². The van der Waals surface area contributed by atoms with Gasteiger partial charge in [-0.2, -0.15) is 5.10 Å². The van der Waals surface area contributed by atoms with Crippen molar-refractivity contribution in [2.75, 3.05) is 5.73 Å². The Kier molecular flexibility index (Phi) is 2.60. The molecule has 0 aliphatic rings. The summed E-state index contributed by atoms with van der Waals surface area (Å²) in [6.07, 6.45) is 0. The molecule has 0 saturated heterocycles. The Morgan fingerprint density at radius 2 is 2.12 bits per heavy atom. The fourth-order valence-electron chi connectivity index (χ4n) is 1.37. The van der Waals surface area contributed by atoms with Crippen LogP contribution in [0.5, 0.6) is 0 Å². The molecule has 0 amide bonds. The lowest BCUT2D eigenvalue weighted by molar-refractivity contribution is 0.630. The smallest absolute Gasteiger partial charge is 0.184 e. The van der Waals surface area contributed by atoms with Crippen LogP contribution in [0.15, 0.2) is 18.2 Å². The summed E-state index contributed by atoms with van der Waals surface area (Å²) in [5.74, 6) is 0.930. The average molecular weight is 220 g/mol. The number of benzene rings is 1. The average Bonchev–Trinajstić information content (AvgIpc) is 2.70. The zero-order valence-corrected chi connectivity index (χ0v) is 9.16. The van der Waals surface area contributed by atoms with Crippen LogP contribution in [0.4, 0.5) is 10.1 Å². The maximum absolute atomic E-state index is 13.5. The van der Waals surface area contributed by atoms with Crippen molar-refractivity contribution < 1.29 is 4.39 Å². The highest BCUT2D eigenvalue weighted by Crippen LogP contribution is 2.22. The van der Waals surface area contributed by atoms with Crippen molar-refractivity contribution in [3.8, 4) is 11.4 Å². The summed E-state index contributed by atoms with van der Waals surface area (Å²) in [5, 5.41) is 6.76. The van der Waals surface area contributed by atoms with Gasteiger partial charge in [0.25, 0.3) is 0 Å². The van der Waals surface area contributed by atoms with Crippen molar-refractivity contribution in [3.63, 3.8) is 0 Å². The first-order valence-corrected chi connectivity index (χ1v) is 5.05. The molecule has 0 bridgehead atoms. The van der Waals surface area contributed by atoms with E-state index in [0.717, 1.165) is 5.82 Å². The Hall–Kier alpha value is -1.91. The predicted molar refractivity (Wildman–Crippen MR) is 60.3 cm³/mol. The minimum atomic E-state index is -0.372. The number of halogens is 1. The lowest BCUT2D eigenvalue weighted by Gasteiger charge is -1.99. The molecule has 1 aromatic carbocycles. The topological polar surface area (TPSA) is 67.6 Å². The van der Waals surface area contributed by atoms with E-state index in [4.69, 9.17) is 5.73 Å². The van der Waals surface area contributed by atoms with Crippen LogP contribution in [0.1, 0.15) is 25.6 Å². The van der Waals surface area contributed by atoms with E-state index >= 15 is 0 Å². The van der Waals surface area contributed by atoms with Crippen molar-refractivity contribution in [3.05, 3.63) is 29.8 Å². The van der Waals surface area contributed by atoms with Crippen LogP contribution >= 0.6 is 0 Å². The van der Waals surface area contributed by atoms with E-state index in [0.29, 0.717) is 17.1 Å². The molecule has 0 saturated carbocycles. The monoisotopic (exact) mass is 220 g/mol. The van der Waals surface area contributed by atoms with Crippen LogP contribution in [-0.4, -0.2) is 15.2 Å². The zero-order chi connectivity index (χ0) is 11.7. The first-order chi connectivity index (χ1) is 7.58. The molecule has 1 heterocycles. The van der Waals surface area contributed by atoms with Gasteiger partial charge in [-0.05, 0) is 18.2 Å². The van der Waals surface area contributed by atoms with E-state index in [1.807, 2.05) is 13.8 Å². The van der Waals surface area contributed by atoms with Gasteiger partial charge in [-0.1, -0.05) is 13.8 Å². The summed E-state index contributed by atoms with van der Waals surface area (Å²) in [5.41, 5.74) is 6.41. The van der Waals surface area contributed by atoms with Gasteiger partial charge in [-0.15, -0.1) is 0 Å². The van der Waals surface area contributed by atoms with Crippen molar-refractivity contribution in [2.24, 2.45) is 0 Å². The molecule has 2 rings (SSSR count). The molecule has 0 fully saturated rings. The van der Waals surface area contributed by atoms with Crippen LogP contribution in [0, 0.1) is 5.82 Å². The summed E-state index contributed by atoms with van der Waals surface area (Å²) < 4.78 is 13.5. The van der Waals surface area contributed by atoms with Crippen molar-refractivity contribution >= 4 is 5.69 Å². The molecule has 0 unspecified atom stereocenters. The molecule has 0 spiro atoms. The SMILES string of the molecule is CC(C)c1nc(-c2cc(N)ccc2F)n[nH]1. The fraction of sp³-hybridized carbons (Fsp3) is 0.273. The van der Waals surface area contributed by atoms with Gasteiger partial charge in [0.2, 0.25) is 0 Å². The highest BCUT2D eigenvalue weighted by Gasteiger charge is 2.12. The van der Waals surface area contributed by atoms with Gasteiger partial charge in [0.05, 0.1) is 5.56 Å². The standard InChI is InChI=1S/C11H13FN4/c1-6(2)10-14-11(16-15-10)8-5-7(13)3-4-9(8)12/h3-6H,13H2,1-2H3,(H,14,15,16). The van der Waals surface area contributed by atoms with Crippen molar-refractivity contribution in [1.82, 2.24) is 15.2 Å². The van der Waals surface area contributed by atoms with Gasteiger partial charge in [0, 0.05) is 11.6 Å². The summed E-state index contributed by atoms with van der Waals surface area (Å²) in [4.78, 5) is 4.22. The number of hydrogen-bond acceptors (Lipinski definition) is 3. The molecule has 4 nitrogen and oxygen atoms in total. The molecule has 0 atom stereocenters. The Bertz CT molecular complexity index is 504. The lowest BCUT2D eigenvalue weighted by atomic mass is 10.1. The first kappa shape index (κ1) is 10.6. The second kappa shape index (κ2) is 3.92. The number of H-pyrrole nitrogens is 1. The molecule has 2 aromatic rings. The third kappa shape index (κ3) is 1.88. The molecular formula is C11H13FN4. The number of aromatic nitrogens is 3. The van der Waals surface area contributed by atoms with Crippen LogP contribution < -0.4 is 5.73 Å². The molecule has 1 aromatic heterocycles. The second-order valence-corrected chi connectivity index (χ2v) is 3.94. The maximum atomic E-state index is 13.5. The number of nitrogens with one attached hydrogen (secondary N) is 1. The molecule has 5 heteroatoms. The summed E-state index contributed by atoms with van der Waals surface area (Å²) >= 11 is 0. The predicted octanol–water partition coefficient (Wildman–Crippen LogP) is 2.32. The van der Waals surface area contributed by atoms with E-state index in [1.165, 1.54) is 18.2 Å². The molecule has 0 aliphatic carbocycles. The highest BCUT2D eigenvalue weighted by atomic mass is 19.1. The van der Waals surface area contributed by atoms with E-state index in [-0.39, 0.29) is 11.7 Å². The van der Waals surface area contributed by atoms with Crippen LogP contribution in [0.25, 0.3) is 11.4 Å². The van der Waals surface area contributed by atoms with E-state index in [1.54, 1.807) is 0 Å². The Morgan fingerprint density at radius 1 is 1.38 bits per heavy atom. The largest absolute Gasteiger partial charge is 0.399 e. The Balaban J connectivity index is 2.46. The van der Waals surface area contributed by atoms with E-state index < -0.39 is 0 Å². The summed E-state index contributed by atoms with van der Waals surface area (Å²) in [7, 11) is 0. The molecule has 3 N–H and O–H groups in total. The van der Waals surface area contributed by atoms with Gasteiger partial charge >= 0.3 is 0 Å². The van der Waals surface area contributed by atoms with Crippen molar-refractivity contribution in [2.45, 2.75) is 19.8 Å². The number of rotatable bonds is 2. The van der Waals surface area contributed by atoms with Crippen LogP contribution in [0.2, 0.25) is 0 Å². The van der Waals surface area contributed by atoms with Gasteiger partial charge in [-0.3, -0.25) is 5.10 Å². The number of nitrogens with zero attached hydrogens (tertiary/aromatic N) is 2. The molecule has 0 aliphatic heterocycles. The summed E-state index contributed by atoms with van der Waals surface area (Å²) in [6, 6.07) is 4.35. The number of nitrogen functional groups attached to an aromatic ring is 1.